The van der Waals surface area contributed by atoms with Crippen LogP contribution in [0, 0.1) is 5.92 Å². The third kappa shape index (κ3) is 4.35. The number of aromatic nitrogens is 4. The van der Waals surface area contributed by atoms with Gasteiger partial charge in [-0.15, -0.1) is 0 Å². The van der Waals surface area contributed by atoms with Gasteiger partial charge in [0.25, 0.3) is 5.91 Å². The molecule has 5 rings (SSSR count). The van der Waals surface area contributed by atoms with Crippen LogP contribution in [0.1, 0.15) is 35.3 Å². The highest BCUT2D eigenvalue weighted by molar-refractivity contribution is 5.92. The number of nitrogens with zero attached hydrogens (tertiary/aromatic N) is 5. The molecule has 0 aliphatic carbocycles. The van der Waals surface area contributed by atoms with Crippen molar-refractivity contribution in [1.82, 2.24) is 24.8 Å². The molecule has 6 nitrogen and oxygen atoms in total. The van der Waals surface area contributed by atoms with E-state index in [1.807, 2.05) is 29.3 Å². The van der Waals surface area contributed by atoms with Crippen LogP contribution in [-0.2, 0) is 6.42 Å². The predicted molar refractivity (Wildman–Crippen MR) is 124 cm³/mol. The lowest BCUT2D eigenvalue weighted by Crippen LogP contribution is -2.32. The molecule has 0 N–H and O–H groups in total. The minimum Gasteiger partial charge on any atom is -0.337 e. The third-order valence-electron chi connectivity index (χ3n) is 6.20. The second kappa shape index (κ2) is 9.22. The number of amides is 1. The molecule has 4 aromatic rings. The molecule has 1 saturated heterocycles. The molecule has 0 spiro atoms. The van der Waals surface area contributed by atoms with E-state index in [4.69, 9.17) is 0 Å². The van der Waals surface area contributed by atoms with Crippen molar-refractivity contribution >= 4 is 16.8 Å². The zero-order valence-corrected chi connectivity index (χ0v) is 17.9. The number of hydrogen-bond donors (Lipinski definition) is 0. The highest BCUT2D eigenvalue weighted by atomic mass is 16.2. The summed E-state index contributed by atoms with van der Waals surface area (Å²) in [6.45, 7) is 1.53. The Balaban J connectivity index is 1.28. The SMILES string of the molecule is O=C(c1cccc(-c2cncnc2)n1)N1CCCC(Cc2cccc3ncccc23)CC1. The summed E-state index contributed by atoms with van der Waals surface area (Å²) < 4.78 is 0. The summed E-state index contributed by atoms with van der Waals surface area (Å²) in [4.78, 5) is 32.3. The topological polar surface area (TPSA) is 71.9 Å². The molecular formula is C26H25N5O. The van der Waals surface area contributed by atoms with Crippen molar-refractivity contribution in [3.8, 4) is 11.3 Å². The average molecular weight is 424 g/mol. The Labute approximate surface area is 187 Å². The van der Waals surface area contributed by atoms with Crippen molar-refractivity contribution < 1.29 is 4.79 Å². The minimum absolute atomic E-state index is 0.00119. The molecule has 1 amide bonds. The molecule has 1 aliphatic rings. The van der Waals surface area contributed by atoms with Crippen molar-refractivity contribution in [3.63, 3.8) is 0 Å². The van der Waals surface area contributed by atoms with Crippen LogP contribution >= 0.6 is 0 Å². The average Bonchev–Trinajstić information content (AvgIpc) is 3.10. The van der Waals surface area contributed by atoms with E-state index in [2.05, 4.69) is 44.2 Å². The van der Waals surface area contributed by atoms with E-state index in [9.17, 15) is 4.79 Å². The zero-order valence-electron chi connectivity index (χ0n) is 17.9. The molecule has 1 aliphatic heterocycles. The van der Waals surface area contributed by atoms with Gasteiger partial charge in [0, 0.05) is 42.6 Å². The number of carbonyl (C=O) groups excluding carboxylic acids is 1. The second-order valence-electron chi connectivity index (χ2n) is 8.32. The van der Waals surface area contributed by atoms with Crippen molar-refractivity contribution in [2.24, 2.45) is 5.92 Å². The van der Waals surface area contributed by atoms with Gasteiger partial charge in [-0.25, -0.2) is 15.0 Å². The molecule has 0 bridgehead atoms. The molecule has 1 atom stereocenters. The summed E-state index contributed by atoms with van der Waals surface area (Å²) in [5, 5.41) is 1.23. The summed E-state index contributed by atoms with van der Waals surface area (Å²) in [5.41, 5.74) is 4.39. The summed E-state index contributed by atoms with van der Waals surface area (Å²) in [5.74, 6) is 0.554. The maximum Gasteiger partial charge on any atom is 0.272 e. The molecule has 3 aromatic heterocycles. The number of benzene rings is 1. The Morgan fingerprint density at radius 3 is 2.75 bits per heavy atom. The van der Waals surface area contributed by atoms with Gasteiger partial charge in [-0.05, 0) is 61.4 Å². The summed E-state index contributed by atoms with van der Waals surface area (Å²) in [6.07, 6.45) is 10.9. The van der Waals surface area contributed by atoms with Crippen LogP contribution in [0.2, 0.25) is 0 Å². The van der Waals surface area contributed by atoms with Gasteiger partial charge < -0.3 is 4.90 Å². The number of hydrogen-bond acceptors (Lipinski definition) is 5. The Morgan fingerprint density at radius 2 is 1.84 bits per heavy atom. The van der Waals surface area contributed by atoms with Gasteiger partial charge in [0.2, 0.25) is 0 Å². The van der Waals surface area contributed by atoms with Crippen LogP contribution in [0.25, 0.3) is 22.2 Å². The number of carbonyl (C=O) groups is 1. The predicted octanol–water partition coefficient (Wildman–Crippen LogP) is 4.57. The van der Waals surface area contributed by atoms with E-state index in [1.165, 1.54) is 17.3 Å². The number of likely N-dealkylation sites (tertiary alicyclic amines) is 1. The van der Waals surface area contributed by atoms with Gasteiger partial charge in [-0.2, -0.15) is 0 Å². The first-order chi connectivity index (χ1) is 15.8. The fraction of sp³-hybridized carbons (Fsp3) is 0.269. The lowest BCUT2D eigenvalue weighted by Gasteiger charge is -2.20. The highest BCUT2D eigenvalue weighted by Gasteiger charge is 2.23. The van der Waals surface area contributed by atoms with Crippen LogP contribution < -0.4 is 0 Å². The lowest BCUT2D eigenvalue weighted by molar-refractivity contribution is 0.0754. The molecule has 1 unspecified atom stereocenters. The molecule has 1 aromatic carbocycles. The van der Waals surface area contributed by atoms with Crippen molar-refractivity contribution in [2.45, 2.75) is 25.7 Å². The van der Waals surface area contributed by atoms with E-state index in [1.54, 1.807) is 18.5 Å². The number of rotatable bonds is 4. The molecule has 1 fully saturated rings. The van der Waals surface area contributed by atoms with E-state index in [0.29, 0.717) is 17.3 Å². The van der Waals surface area contributed by atoms with E-state index < -0.39 is 0 Å². The Morgan fingerprint density at radius 1 is 0.969 bits per heavy atom. The first kappa shape index (κ1) is 20.2. The summed E-state index contributed by atoms with van der Waals surface area (Å²) >= 11 is 0. The third-order valence-corrected chi connectivity index (χ3v) is 6.20. The van der Waals surface area contributed by atoms with Gasteiger partial charge in [0.15, 0.2) is 0 Å². The van der Waals surface area contributed by atoms with Crippen LogP contribution in [0.3, 0.4) is 0 Å². The maximum absolute atomic E-state index is 13.2. The first-order valence-corrected chi connectivity index (χ1v) is 11.1. The van der Waals surface area contributed by atoms with Crippen LogP contribution in [0.5, 0.6) is 0 Å². The zero-order chi connectivity index (χ0) is 21.8. The smallest absolute Gasteiger partial charge is 0.272 e. The fourth-order valence-electron chi connectivity index (χ4n) is 4.54. The van der Waals surface area contributed by atoms with E-state index in [-0.39, 0.29) is 5.91 Å². The molecular weight excluding hydrogens is 398 g/mol. The summed E-state index contributed by atoms with van der Waals surface area (Å²) in [7, 11) is 0. The van der Waals surface area contributed by atoms with Gasteiger partial charge >= 0.3 is 0 Å². The fourth-order valence-corrected chi connectivity index (χ4v) is 4.54. The second-order valence-corrected chi connectivity index (χ2v) is 8.32. The van der Waals surface area contributed by atoms with Gasteiger partial charge in [0.1, 0.15) is 12.0 Å². The van der Waals surface area contributed by atoms with E-state index in [0.717, 1.165) is 49.9 Å². The molecule has 6 heteroatoms. The standard InChI is InChI=1S/C26H25N5O/c32-26(25-10-2-8-23(30-25)21-16-27-18-28-17-21)31-13-4-5-19(11-14-31)15-20-6-1-9-24-22(20)7-3-12-29-24/h1-3,6-10,12,16-19H,4-5,11,13-15H2. The Bertz CT molecular complexity index is 1220. The number of fused-ring (bicyclic) bond motifs is 1. The molecule has 0 radical (unpaired) electrons. The number of pyridine rings is 2. The van der Waals surface area contributed by atoms with Gasteiger partial charge in [0.05, 0.1) is 11.2 Å². The van der Waals surface area contributed by atoms with Crippen LogP contribution in [-0.4, -0.2) is 43.8 Å². The summed E-state index contributed by atoms with van der Waals surface area (Å²) in [6, 6.07) is 16.1. The lowest BCUT2D eigenvalue weighted by atomic mass is 9.91. The van der Waals surface area contributed by atoms with Crippen molar-refractivity contribution in [3.05, 3.63) is 84.7 Å². The molecule has 4 heterocycles. The largest absolute Gasteiger partial charge is 0.337 e. The van der Waals surface area contributed by atoms with Crippen LogP contribution in [0.4, 0.5) is 0 Å². The first-order valence-electron chi connectivity index (χ1n) is 11.1. The highest BCUT2D eigenvalue weighted by Crippen LogP contribution is 2.26. The molecule has 160 valence electrons. The normalized spacial score (nSPS) is 16.6. The maximum atomic E-state index is 13.2. The van der Waals surface area contributed by atoms with Gasteiger partial charge in [-0.3, -0.25) is 9.78 Å². The van der Waals surface area contributed by atoms with Crippen LogP contribution in [0.15, 0.2) is 73.4 Å². The molecule has 32 heavy (non-hydrogen) atoms. The molecule has 0 saturated carbocycles. The quantitative estimate of drug-likeness (QED) is 0.481. The van der Waals surface area contributed by atoms with E-state index >= 15 is 0 Å². The Kier molecular flexibility index (Phi) is 5.83. The van der Waals surface area contributed by atoms with Crippen molar-refractivity contribution in [2.75, 3.05) is 13.1 Å². The minimum atomic E-state index is -0.00119. The Hall–Kier alpha value is -3.67. The van der Waals surface area contributed by atoms with Gasteiger partial charge in [-0.1, -0.05) is 24.3 Å². The van der Waals surface area contributed by atoms with Crippen molar-refractivity contribution in [1.29, 1.82) is 0 Å². The monoisotopic (exact) mass is 423 g/mol.